The fraction of sp³-hybridized carbons (Fsp3) is 0.381. The second-order valence-corrected chi connectivity index (χ2v) is 9.65. The van der Waals surface area contributed by atoms with Gasteiger partial charge in [0.25, 0.3) is 0 Å². The van der Waals surface area contributed by atoms with Crippen LogP contribution in [0.15, 0.2) is 59.5 Å². The molecule has 1 fully saturated rings. The van der Waals surface area contributed by atoms with Crippen molar-refractivity contribution in [2.45, 2.75) is 30.3 Å². The van der Waals surface area contributed by atoms with Crippen LogP contribution in [-0.4, -0.2) is 38.3 Å². The largest absolute Gasteiger partial charge is 0.493 e. The molecular weight excluding hydrogens is 433 g/mol. The van der Waals surface area contributed by atoms with Gasteiger partial charge in [0.2, 0.25) is 15.9 Å². The Labute approximate surface area is 178 Å². The number of primary amides is 1. The number of carbonyl (C=O) groups is 1. The molecule has 168 valence electrons. The summed E-state index contributed by atoms with van der Waals surface area (Å²) in [5, 5.41) is 0. The van der Waals surface area contributed by atoms with Gasteiger partial charge in [0, 0.05) is 24.9 Å². The van der Waals surface area contributed by atoms with Crippen molar-refractivity contribution in [2.24, 2.45) is 11.1 Å². The Morgan fingerprint density at radius 3 is 2.48 bits per heavy atom. The van der Waals surface area contributed by atoms with E-state index >= 15 is 0 Å². The van der Waals surface area contributed by atoms with E-state index in [4.69, 9.17) is 10.5 Å². The molecular formula is C21H23F3N2O4S. The molecule has 0 saturated carbocycles. The lowest BCUT2D eigenvalue weighted by Crippen LogP contribution is -2.50. The Hall–Kier alpha value is -2.59. The molecule has 1 unspecified atom stereocenters. The zero-order valence-corrected chi connectivity index (χ0v) is 17.5. The number of sulfonamides is 1. The molecule has 31 heavy (non-hydrogen) atoms. The van der Waals surface area contributed by atoms with Crippen LogP contribution in [0.3, 0.4) is 0 Å². The number of hydrogen-bond acceptors (Lipinski definition) is 4. The van der Waals surface area contributed by atoms with Crippen LogP contribution in [0, 0.1) is 5.41 Å². The Morgan fingerprint density at radius 2 is 1.84 bits per heavy atom. The van der Waals surface area contributed by atoms with E-state index in [1.807, 2.05) is 6.07 Å². The first-order valence-electron chi connectivity index (χ1n) is 9.65. The van der Waals surface area contributed by atoms with E-state index in [1.165, 1.54) is 0 Å². The second kappa shape index (κ2) is 8.88. The number of alkyl halides is 3. The first-order valence-corrected chi connectivity index (χ1v) is 11.1. The summed E-state index contributed by atoms with van der Waals surface area (Å²) in [4.78, 5) is 11.3. The van der Waals surface area contributed by atoms with Crippen LogP contribution < -0.4 is 10.5 Å². The van der Waals surface area contributed by atoms with Gasteiger partial charge in [-0.25, -0.2) is 8.42 Å². The van der Waals surface area contributed by atoms with Crippen LogP contribution in [0.2, 0.25) is 0 Å². The topological polar surface area (TPSA) is 89.7 Å². The van der Waals surface area contributed by atoms with Gasteiger partial charge in [-0.3, -0.25) is 4.79 Å². The number of hydrogen-bond donors (Lipinski definition) is 1. The van der Waals surface area contributed by atoms with Crippen molar-refractivity contribution < 1.29 is 31.1 Å². The molecule has 0 aliphatic carbocycles. The van der Waals surface area contributed by atoms with Crippen LogP contribution in [0.1, 0.15) is 24.8 Å². The molecule has 2 aromatic carbocycles. The first-order chi connectivity index (χ1) is 14.5. The van der Waals surface area contributed by atoms with Gasteiger partial charge in [-0.15, -0.1) is 0 Å². The Kier molecular flexibility index (Phi) is 6.61. The molecule has 0 radical (unpaired) electrons. The van der Waals surface area contributed by atoms with Gasteiger partial charge in [0.15, 0.2) is 0 Å². The third kappa shape index (κ3) is 5.56. The molecule has 0 aromatic heterocycles. The zero-order chi connectivity index (χ0) is 22.7. The van der Waals surface area contributed by atoms with Gasteiger partial charge in [0.1, 0.15) is 5.75 Å². The maximum Gasteiger partial charge on any atom is 0.416 e. The second-order valence-electron chi connectivity index (χ2n) is 7.71. The average Bonchev–Trinajstić information content (AvgIpc) is 2.72. The predicted octanol–water partition coefficient (Wildman–Crippen LogP) is 3.43. The third-order valence-electron chi connectivity index (χ3n) is 5.26. The van der Waals surface area contributed by atoms with Crippen LogP contribution >= 0.6 is 0 Å². The van der Waals surface area contributed by atoms with Crippen molar-refractivity contribution in [3.05, 3.63) is 60.2 Å². The molecule has 0 bridgehead atoms. The number of benzene rings is 2. The highest BCUT2D eigenvalue weighted by atomic mass is 32.2. The molecule has 1 amide bonds. The summed E-state index contributed by atoms with van der Waals surface area (Å²) in [6.07, 6.45) is -3.85. The Morgan fingerprint density at radius 1 is 1.13 bits per heavy atom. The van der Waals surface area contributed by atoms with Crippen LogP contribution in [-0.2, 0) is 21.0 Å². The van der Waals surface area contributed by atoms with E-state index in [2.05, 4.69) is 0 Å². The maximum absolute atomic E-state index is 13.1. The molecule has 6 nitrogen and oxygen atoms in total. The van der Waals surface area contributed by atoms with Gasteiger partial charge < -0.3 is 10.5 Å². The predicted molar refractivity (Wildman–Crippen MR) is 108 cm³/mol. The quantitative estimate of drug-likeness (QED) is 0.691. The number of carbonyl (C=O) groups excluding carboxylic acids is 1. The maximum atomic E-state index is 13.1. The minimum Gasteiger partial charge on any atom is -0.493 e. The zero-order valence-electron chi connectivity index (χ0n) is 16.6. The smallest absolute Gasteiger partial charge is 0.416 e. The van der Waals surface area contributed by atoms with Crippen molar-refractivity contribution >= 4 is 15.9 Å². The van der Waals surface area contributed by atoms with Crippen molar-refractivity contribution in [1.82, 2.24) is 4.31 Å². The lowest BCUT2D eigenvalue weighted by Gasteiger charge is -2.41. The summed E-state index contributed by atoms with van der Waals surface area (Å²) in [6.45, 7) is 0.0976. The van der Waals surface area contributed by atoms with E-state index in [0.29, 0.717) is 24.7 Å². The van der Waals surface area contributed by atoms with Crippen molar-refractivity contribution in [3.8, 4) is 5.75 Å². The van der Waals surface area contributed by atoms with Gasteiger partial charge >= 0.3 is 6.18 Å². The molecule has 10 heteroatoms. The van der Waals surface area contributed by atoms with Gasteiger partial charge in [0.05, 0.1) is 17.1 Å². The molecule has 1 heterocycles. The molecule has 1 aliphatic rings. The lowest BCUT2D eigenvalue weighted by atomic mass is 9.78. The minimum absolute atomic E-state index is 0.0502. The van der Waals surface area contributed by atoms with Gasteiger partial charge in [-0.2, -0.15) is 17.5 Å². The molecule has 1 aliphatic heterocycles. The van der Waals surface area contributed by atoms with E-state index < -0.39 is 38.0 Å². The first kappa shape index (κ1) is 23.1. The number of nitrogens with zero attached hydrogens (tertiary/aromatic N) is 1. The summed E-state index contributed by atoms with van der Waals surface area (Å²) < 4.78 is 72.3. The molecule has 1 saturated heterocycles. The molecule has 0 spiro atoms. The molecule has 2 N–H and O–H groups in total. The highest BCUT2D eigenvalue weighted by Gasteiger charge is 2.42. The van der Waals surface area contributed by atoms with Crippen molar-refractivity contribution in [3.63, 3.8) is 0 Å². The van der Waals surface area contributed by atoms with Crippen molar-refractivity contribution in [2.75, 3.05) is 19.7 Å². The van der Waals surface area contributed by atoms with E-state index in [1.54, 1.807) is 24.3 Å². The number of ether oxygens (including phenoxy) is 1. The Balaban J connectivity index is 1.87. The van der Waals surface area contributed by atoms with Crippen LogP contribution in [0.4, 0.5) is 13.2 Å². The van der Waals surface area contributed by atoms with Crippen LogP contribution in [0.5, 0.6) is 5.75 Å². The summed E-state index contributed by atoms with van der Waals surface area (Å²) in [6, 6.07) is 12.5. The lowest BCUT2D eigenvalue weighted by molar-refractivity contribution is -0.137. The highest BCUT2D eigenvalue weighted by Crippen LogP contribution is 2.37. The summed E-state index contributed by atoms with van der Waals surface area (Å²) in [5.74, 6) is -0.0424. The fourth-order valence-electron chi connectivity index (χ4n) is 3.79. The minimum atomic E-state index is -4.66. The number of piperidine rings is 1. The van der Waals surface area contributed by atoms with E-state index in [-0.39, 0.29) is 26.1 Å². The SMILES string of the molecule is NC(=O)CC1(COc2ccccc2)CCCN(S(=O)(=O)c2cccc(C(F)(F)F)c2)C1. The van der Waals surface area contributed by atoms with E-state index in [0.717, 1.165) is 22.5 Å². The number of para-hydroxylation sites is 1. The number of halogens is 3. The Bertz CT molecular complexity index is 1030. The standard InChI is InChI=1S/C21H23F3N2O4S/c22-21(23,24)16-6-4-9-18(12-16)31(28,29)26-11-5-10-20(14-26,13-19(25)27)15-30-17-7-2-1-3-8-17/h1-4,6-9,12H,5,10-11,13-15H2,(H2,25,27). The number of amides is 1. The summed E-state index contributed by atoms with van der Waals surface area (Å²) >= 11 is 0. The molecule has 1 atom stereocenters. The fourth-order valence-corrected chi connectivity index (χ4v) is 5.42. The van der Waals surface area contributed by atoms with Crippen molar-refractivity contribution in [1.29, 1.82) is 0 Å². The third-order valence-corrected chi connectivity index (χ3v) is 7.10. The number of nitrogens with two attached hydrogens (primary N) is 1. The number of rotatable bonds is 7. The summed E-state index contributed by atoms with van der Waals surface area (Å²) in [7, 11) is -4.21. The molecule has 3 rings (SSSR count). The van der Waals surface area contributed by atoms with Crippen LogP contribution in [0.25, 0.3) is 0 Å². The summed E-state index contributed by atoms with van der Waals surface area (Å²) in [5.41, 5.74) is 3.50. The van der Waals surface area contributed by atoms with E-state index in [9.17, 15) is 26.4 Å². The van der Waals surface area contributed by atoms with Gasteiger partial charge in [-0.05, 0) is 43.2 Å². The normalized spacial score (nSPS) is 20.4. The molecule has 2 aromatic rings. The monoisotopic (exact) mass is 456 g/mol. The highest BCUT2D eigenvalue weighted by molar-refractivity contribution is 7.89. The average molecular weight is 456 g/mol. The van der Waals surface area contributed by atoms with Gasteiger partial charge in [-0.1, -0.05) is 24.3 Å².